The Hall–Kier alpha value is -1.58. The number of alkyl halides is 1. The summed E-state index contributed by atoms with van der Waals surface area (Å²) in [6.45, 7) is 0.514. The van der Waals surface area contributed by atoms with Gasteiger partial charge in [0.25, 0.3) is 0 Å². The Kier molecular flexibility index (Phi) is 4.31. The fraction of sp³-hybridized carbons (Fsp3) is 0.385. The third-order valence-corrected chi connectivity index (χ3v) is 4.26. The normalized spacial score (nSPS) is 11.7. The second kappa shape index (κ2) is 5.81. The number of sulfone groups is 1. The van der Waals surface area contributed by atoms with E-state index in [9.17, 15) is 8.42 Å². The zero-order valence-electron chi connectivity index (χ0n) is 11.0. The molecule has 0 radical (unpaired) electrons. The number of imidazole rings is 1. The largest absolute Gasteiger partial charge is 0.327 e. The van der Waals surface area contributed by atoms with E-state index in [0.29, 0.717) is 29.9 Å². The maximum absolute atomic E-state index is 11.2. The van der Waals surface area contributed by atoms with Crippen molar-refractivity contribution >= 4 is 32.5 Å². The lowest BCUT2D eigenvalue weighted by Gasteiger charge is -2.07. The number of aryl methyl sites for hydroxylation is 1. The van der Waals surface area contributed by atoms with Crippen molar-refractivity contribution in [2.45, 2.75) is 18.8 Å². The SMILES string of the molecule is CS(=O)(=O)CCCn1c(CCl)nc2c(C#N)cccc21. The third kappa shape index (κ3) is 3.11. The Bertz CT molecular complexity index is 775. The van der Waals surface area contributed by atoms with Crippen molar-refractivity contribution in [3.05, 3.63) is 29.6 Å². The van der Waals surface area contributed by atoms with E-state index in [2.05, 4.69) is 11.1 Å². The number of aromatic nitrogens is 2. The molecule has 0 atom stereocenters. The molecular formula is C13H14ClN3O2S. The van der Waals surface area contributed by atoms with Gasteiger partial charge in [-0.25, -0.2) is 13.4 Å². The minimum Gasteiger partial charge on any atom is -0.327 e. The molecule has 1 aromatic heterocycles. The van der Waals surface area contributed by atoms with E-state index in [0.717, 1.165) is 5.52 Å². The van der Waals surface area contributed by atoms with Crippen LogP contribution in [0, 0.1) is 11.3 Å². The van der Waals surface area contributed by atoms with Gasteiger partial charge in [-0.15, -0.1) is 11.6 Å². The first-order chi connectivity index (χ1) is 9.46. The molecule has 5 nitrogen and oxygen atoms in total. The molecule has 0 amide bonds. The molecule has 0 bridgehead atoms. The zero-order chi connectivity index (χ0) is 14.8. The molecule has 0 saturated carbocycles. The quantitative estimate of drug-likeness (QED) is 0.792. The fourth-order valence-corrected chi connectivity index (χ4v) is 2.98. The molecule has 0 N–H and O–H groups in total. The Labute approximate surface area is 122 Å². The minimum absolute atomic E-state index is 0.117. The average Bonchev–Trinajstić information content (AvgIpc) is 2.75. The zero-order valence-corrected chi connectivity index (χ0v) is 12.6. The molecule has 106 valence electrons. The average molecular weight is 312 g/mol. The number of hydrogen-bond donors (Lipinski definition) is 0. The van der Waals surface area contributed by atoms with Gasteiger partial charge >= 0.3 is 0 Å². The maximum atomic E-state index is 11.2. The van der Waals surface area contributed by atoms with E-state index in [1.165, 1.54) is 6.26 Å². The Morgan fingerprint density at radius 2 is 2.20 bits per heavy atom. The van der Waals surface area contributed by atoms with Crippen molar-refractivity contribution in [2.75, 3.05) is 12.0 Å². The number of nitrogens with zero attached hydrogens (tertiary/aromatic N) is 3. The van der Waals surface area contributed by atoms with Crippen LogP contribution < -0.4 is 0 Å². The number of benzene rings is 1. The number of hydrogen-bond acceptors (Lipinski definition) is 4. The first kappa shape index (κ1) is 14.8. The molecule has 2 aromatic rings. The van der Waals surface area contributed by atoms with E-state index in [4.69, 9.17) is 16.9 Å². The molecule has 0 aliphatic heterocycles. The first-order valence-corrected chi connectivity index (χ1v) is 8.67. The van der Waals surface area contributed by atoms with Crippen molar-refractivity contribution in [1.82, 2.24) is 9.55 Å². The van der Waals surface area contributed by atoms with Crippen LogP contribution in [0.3, 0.4) is 0 Å². The molecule has 0 spiro atoms. The van der Waals surface area contributed by atoms with E-state index in [1.807, 2.05) is 10.6 Å². The molecule has 7 heteroatoms. The highest BCUT2D eigenvalue weighted by atomic mass is 35.5. The van der Waals surface area contributed by atoms with Crippen molar-refractivity contribution in [1.29, 1.82) is 5.26 Å². The summed E-state index contributed by atoms with van der Waals surface area (Å²) in [6.07, 6.45) is 1.71. The van der Waals surface area contributed by atoms with Gasteiger partial charge in [0.05, 0.1) is 22.7 Å². The van der Waals surface area contributed by atoms with Crippen LogP contribution in [0.25, 0.3) is 11.0 Å². The highest BCUT2D eigenvalue weighted by Gasteiger charge is 2.13. The second-order valence-electron chi connectivity index (χ2n) is 4.58. The van der Waals surface area contributed by atoms with Crippen molar-refractivity contribution in [3.8, 4) is 6.07 Å². The maximum Gasteiger partial charge on any atom is 0.147 e. The lowest BCUT2D eigenvalue weighted by Crippen LogP contribution is -2.09. The van der Waals surface area contributed by atoms with E-state index in [1.54, 1.807) is 12.1 Å². The summed E-state index contributed by atoms with van der Waals surface area (Å²) in [6, 6.07) is 7.45. The molecule has 20 heavy (non-hydrogen) atoms. The number of fused-ring (bicyclic) bond motifs is 1. The molecular weight excluding hydrogens is 298 g/mol. The second-order valence-corrected chi connectivity index (χ2v) is 7.11. The minimum atomic E-state index is -2.98. The molecule has 0 unspecified atom stereocenters. The summed E-state index contributed by atoms with van der Waals surface area (Å²) in [4.78, 5) is 4.38. The molecule has 0 aliphatic rings. The van der Waals surface area contributed by atoms with Crippen LogP contribution in [-0.2, 0) is 22.3 Å². The summed E-state index contributed by atoms with van der Waals surface area (Å²) in [5, 5.41) is 9.08. The highest BCUT2D eigenvalue weighted by Crippen LogP contribution is 2.21. The van der Waals surface area contributed by atoms with Gasteiger partial charge in [0, 0.05) is 12.8 Å². The van der Waals surface area contributed by atoms with Crippen LogP contribution in [0.1, 0.15) is 17.8 Å². The van der Waals surface area contributed by atoms with Crippen LogP contribution in [-0.4, -0.2) is 30.0 Å². The molecule has 1 aromatic carbocycles. The van der Waals surface area contributed by atoms with Gasteiger partial charge in [0.2, 0.25) is 0 Å². The lowest BCUT2D eigenvalue weighted by atomic mass is 10.2. The van der Waals surface area contributed by atoms with Crippen LogP contribution in [0.2, 0.25) is 0 Å². The topological polar surface area (TPSA) is 75.8 Å². The summed E-state index contributed by atoms with van der Waals surface area (Å²) < 4.78 is 24.3. The van der Waals surface area contributed by atoms with Crippen molar-refractivity contribution in [3.63, 3.8) is 0 Å². The number of rotatable bonds is 5. The smallest absolute Gasteiger partial charge is 0.147 e. The van der Waals surface area contributed by atoms with E-state index >= 15 is 0 Å². The Morgan fingerprint density at radius 1 is 1.45 bits per heavy atom. The molecule has 1 heterocycles. The van der Waals surface area contributed by atoms with Gasteiger partial charge in [-0.1, -0.05) is 6.07 Å². The number of para-hydroxylation sites is 1. The highest BCUT2D eigenvalue weighted by molar-refractivity contribution is 7.90. The number of halogens is 1. The molecule has 0 saturated heterocycles. The fourth-order valence-electron chi connectivity index (χ4n) is 2.12. The van der Waals surface area contributed by atoms with Crippen LogP contribution in [0.4, 0.5) is 0 Å². The molecule has 0 aliphatic carbocycles. The first-order valence-electron chi connectivity index (χ1n) is 6.08. The van der Waals surface area contributed by atoms with Crippen molar-refractivity contribution in [2.24, 2.45) is 0 Å². The van der Waals surface area contributed by atoms with Crippen LogP contribution in [0.5, 0.6) is 0 Å². The monoisotopic (exact) mass is 311 g/mol. The van der Waals surface area contributed by atoms with Gasteiger partial charge in [-0.2, -0.15) is 5.26 Å². The number of nitriles is 1. The van der Waals surface area contributed by atoms with E-state index in [-0.39, 0.29) is 11.6 Å². The predicted octanol–water partition coefficient (Wildman–Crippen LogP) is 2.08. The summed E-state index contributed by atoms with van der Waals surface area (Å²) in [5.74, 6) is 0.989. The van der Waals surface area contributed by atoms with Gasteiger partial charge in [0.15, 0.2) is 0 Å². The molecule has 2 rings (SSSR count). The van der Waals surface area contributed by atoms with Gasteiger partial charge in [-0.05, 0) is 18.6 Å². The van der Waals surface area contributed by atoms with Gasteiger partial charge < -0.3 is 4.57 Å². The standard InChI is InChI=1S/C13H14ClN3O2S/c1-20(18,19)7-3-6-17-11-5-2-4-10(9-15)13(11)16-12(17)8-14/h2,4-5H,3,6-8H2,1H3. The van der Waals surface area contributed by atoms with Crippen LogP contribution >= 0.6 is 11.6 Å². The van der Waals surface area contributed by atoms with Gasteiger partial charge in [-0.3, -0.25) is 0 Å². The predicted molar refractivity (Wildman–Crippen MR) is 78.3 cm³/mol. The van der Waals surface area contributed by atoms with Crippen LogP contribution in [0.15, 0.2) is 18.2 Å². The Morgan fingerprint density at radius 3 is 2.80 bits per heavy atom. The summed E-state index contributed by atoms with van der Waals surface area (Å²) >= 11 is 5.88. The van der Waals surface area contributed by atoms with Gasteiger partial charge in [0.1, 0.15) is 27.2 Å². The molecule has 0 fully saturated rings. The third-order valence-electron chi connectivity index (χ3n) is 2.99. The summed E-state index contributed by atoms with van der Waals surface area (Å²) in [7, 11) is -2.98. The lowest BCUT2D eigenvalue weighted by molar-refractivity contribution is 0.591. The summed E-state index contributed by atoms with van der Waals surface area (Å²) in [5.41, 5.74) is 1.92. The Balaban J connectivity index is 2.39. The van der Waals surface area contributed by atoms with Crippen molar-refractivity contribution < 1.29 is 8.42 Å². The van der Waals surface area contributed by atoms with E-state index < -0.39 is 9.84 Å².